The smallest absolute Gasteiger partial charge is 0.308 e. The van der Waals surface area contributed by atoms with Crippen molar-refractivity contribution in [2.24, 2.45) is 5.92 Å². The molecule has 1 atom stereocenters. The van der Waals surface area contributed by atoms with Crippen LogP contribution in [-0.2, 0) is 4.79 Å². The predicted octanol–water partition coefficient (Wildman–Crippen LogP) is 2.04. The summed E-state index contributed by atoms with van der Waals surface area (Å²) >= 11 is 0. The van der Waals surface area contributed by atoms with E-state index in [9.17, 15) is 9.59 Å². The summed E-state index contributed by atoms with van der Waals surface area (Å²) in [7, 11) is 0. The zero-order valence-electron chi connectivity index (χ0n) is 13.2. The number of hydrogen-bond acceptors (Lipinski definition) is 3. The van der Waals surface area contributed by atoms with Gasteiger partial charge in [-0.3, -0.25) is 9.59 Å². The van der Waals surface area contributed by atoms with Crippen molar-refractivity contribution in [1.82, 2.24) is 14.7 Å². The van der Waals surface area contributed by atoms with E-state index in [1.54, 1.807) is 15.8 Å². The number of hydrogen-bond donors (Lipinski definition) is 1. The van der Waals surface area contributed by atoms with Crippen LogP contribution < -0.4 is 0 Å². The average molecular weight is 313 g/mol. The maximum Gasteiger partial charge on any atom is 0.308 e. The van der Waals surface area contributed by atoms with Crippen molar-refractivity contribution >= 4 is 11.9 Å². The summed E-state index contributed by atoms with van der Waals surface area (Å²) in [6, 6.07) is 7.85. The molecule has 0 spiro atoms. The van der Waals surface area contributed by atoms with E-state index in [-0.39, 0.29) is 12.5 Å². The summed E-state index contributed by atoms with van der Waals surface area (Å²) in [5, 5.41) is 13.4. The van der Waals surface area contributed by atoms with Crippen molar-refractivity contribution in [3.05, 3.63) is 47.3 Å². The van der Waals surface area contributed by atoms with Crippen LogP contribution in [0.2, 0.25) is 0 Å². The summed E-state index contributed by atoms with van der Waals surface area (Å²) in [6.45, 7) is 4.60. The molecule has 120 valence electrons. The van der Waals surface area contributed by atoms with E-state index >= 15 is 0 Å². The van der Waals surface area contributed by atoms with Gasteiger partial charge in [-0.2, -0.15) is 5.10 Å². The molecule has 0 saturated carbocycles. The molecule has 1 N–H and O–H groups in total. The van der Waals surface area contributed by atoms with Gasteiger partial charge in [-0.1, -0.05) is 18.2 Å². The molecule has 1 aromatic heterocycles. The largest absolute Gasteiger partial charge is 0.481 e. The minimum Gasteiger partial charge on any atom is -0.481 e. The van der Waals surface area contributed by atoms with Crippen molar-refractivity contribution in [3.63, 3.8) is 0 Å². The van der Waals surface area contributed by atoms with Gasteiger partial charge in [0.05, 0.1) is 29.1 Å². The number of benzene rings is 1. The highest BCUT2D eigenvalue weighted by Gasteiger charge is 2.32. The summed E-state index contributed by atoms with van der Waals surface area (Å²) in [6.07, 6.45) is 2.07. The van der Waals surface area contributed by atoms with Gasteiger partial charge in [-0.25, -0.2) is 4.68 Å². The molecule has 2 aromatic rings. The molecule has 1 unspecified atom stereocenters. The third-order valence-corrected chi connectivity index (χ3v) is 4.41. The number of likely N-dealkylation sites (tertiary alicyclic amines) is 1. The lowest BCUT2D eigenvalue weighted by Gasteiger charge is -2.15. The molecule has 1 aliphatic rings. The van der Waals surface area contributed by atoms with Crippen molar-refractivity contribution in [3.8, 4) is 5.69 Å². The van der Waals surface area contributed by atoms with Crippen LogP contribution in [0.1, 0.15) is 28.0 Å². The fourth-order valence-electron chi connectivity index (χ4n) is 2.98. The normalized spacial score (nSPS) is 17.5. The van der Waals surface area contributed by atoms with Gasteiger partial charge in [0.25, 0.3) is 5.91 Å². The Hall–Kier alpha value is -2.63. The molecular formula is C17H19N3O3. The first-order valence-corrected chi connectivity index (χ1v) is 7.61. The summed E-state index contributed by atoms with van der Waals surface area (Å²) < 4.78 is 1.76. The molecule has 6 heteroatoms. The maximum atomic E-state index is 12.6. The fraction of sp³-hybridized carbons (Fsp3) is 0.353. The first-order chi connectivity index (χ1) is 11.0. The van der Waals surface area contributed by atoms with Crippen LogP contribution >= 0.6 is 0 Å². The molecule has 0 radical (unpaired) electrons. The molecule has 1 saturated heterocycles. The van der Waals surface area contributed by atoms with Crippen LogP contribution in [0.5, 0.6) is 0 Å². The predicted molar refractivity (Wildman–Crippen MR) is 84.7 cm³/mol. The molecule has 0 bridgehead atoms. The standard InChI is InChI=1S/C17H19N3O3/c1-11-5-3-4-6-15(11)20-12(2)14(9-18-20)16(21)19-8-7-13(10-19)17(22)23/h3-6,9,13H,7-8,10H2,1-2H3,(H,22,23). The molecule has 6 nitrogen and oxygen atoms in total. The van der Waals surface area contributed by atoms with E-state index in [4.69, 9.17) is 5.11 Å². The summed E-state index contributed by atoms with van der Waals surface area (Å²) in [4.78, 5) is 25.3. The Morgan fingerprint density at radius 2 is 2.00 bits per heavy atom. The lowest BCUT2D eigenvalue weighted by molar-refractivity contribution is -0.141. The number of para-hydroxylation sites is 1. The number of aliphatic carboxylic acids is 1. The SMILES string of the molecule is Cc1ccccc1-n1ncc(C(=O)N2CCC(C(=O)O)C2)c1C. The van der Waals surface area contributed by atoms with Crippen molar-refractivity contribution in [2.75, 3.05) is 13.1 Å². The van der Waals surface area contributed by atoms with Gasteiger partial charge >= 0.3 is 5.97 Å². The van der Waals surface area contributed by atoms with Crippen molar-refractivity contribution < 1.29 is 14.7 Å². The second-order valence-corrected chi connectivity index (χ2v) is 5.92. The fourth-order valence-corrected chi connectivity index (χ4v) is 2.98. The van der Waals surface area contributed by atoms with Gasteiger partial charge in [-0.05, 0) is 31.9 Å². The van der Waals surface area contributed by atoms with Crippen LogP contribution in [0.25, 0.3) is 5.69 Å². The number of rotatable bonds is 3. The zero-order valence-corrected chi connectivity index (χ0v) is 13.2. The monoisotopic (exact) mass is 313 g/mol. The lowest BCUT2D eigenvalue weighted by Crippen LogP contribution is -2.30. The molecule has 1 amide bonds. The van der Waals surface area contributed by atoms with Crippen molar-refractivity contribution in [1.29, 1.82) is 0 Å². The Morgan fingerprint density at radius 1 is 1.26 bits per heavy atom. The van der Waals surface area contributed by atoms with Gasteiger partial charge in [0.15, 0.2) is 0 Å². The van der Waals surface area contributed by atoms with E-state index in [1.165, 1.54) is 0 Å². The number of aryl methyl sites for hydroxylation is 1. The molecule has 23 heavy (non-hydrogen) atoms. The van der Waals surface area contributed by atoms with Gasteiger partial charge in [0, 0.05) is 13.1 Å². The highest BCUT2D eigenvalue weighted by Crippen LogP contribution is 2.22. The number of nitrogens with zero attached hydrogens (tertiary/aromatic N) is 3. The quantitative estimate of drug-likeness (QED) is 0.941. The van der Waals surface area contributed by atoms with Gasteiger partial charge < -0.3 is 10.0 Å². The second kappa shape index (κ2) is 5.87. The maximum absolute atomic E-state index is 12.6. The molecule has 0 aliphatic carbocycles. The highest BCUT2D eigenvalue weighted by atomic mass is 16.4. The minimum absolute atomic E-state index is 0.147. The molecule has 1 fully saturated rings. The zero-order chi connectivity index (χ0) is 16.6. The minimum atomic E-state index is -0.840. The van der Waals surface area contributed by atoms with E-state index in [1.807, 2.05) is 38.1 Å². The first-order valence-electron chi connectivity index (χ1n) is 7.61. The van der Waals surface area contributed by atoms with Crippen LogP contribution in [-0.4, -0.2) is 44.8 Å². The van der Waals surface area contributed by atoms with Crippen molar-refractivity contribution in [2.45, 2.75) is 20.3 Å². The molecule has 2 heterocycles. The number of aromatic nitrogens is 2. The number of carboxylic acid groups (broad SMARTS) is 1. The van der Waals surface area contributed by atoms with Crippen LogP contribution in [0, 0.1) is 19.8 Å². The van der Waals surface area contributed by atoms with Crippen LogP contribution in [0.15, 0.2) is 30.5 Å². The van der Waals surface area contributed by atoms with E-state index in [0.717, 1.165) is 16.9 Å². The van der Waals surface area contributed by atoms with E-state index in [2.05, 4.69) is 5.10 Å². The molecule has 3 rings (SSSR count). The lowest BCUT2D eigenvalue weighted by atomic mass is 10.1. The second-order valence-electron chi connectivity index (χ2n) is 5.92. The topological polar surface area (TPSA) is 75.4 Å². The Kier molecular flexibility index (Phi) is 3.90. The Balaban J connectivity index is 1.87. The van der Waals surface area contributed by atoms with E-state index in [0.29, 0.717) is 18.5 Å². The van der Waals surface area contributed by atoms with Crippen LogP contribution in [0.3, 0.4) is 0 Å². The van der Waals surface area contributed by atoms with Gasteiger partial charge in [0.2, 0.25) is 0 Å². The highest BCUT2D eigenvalue weighted by molar-refractivity contribution is 5.95. The summed E-state index contributed by atoms with van der Waals surface area (Å²) in [5.74, 6) is -1.45. The first kappa shape index (κ1) is 15.3. The summed E-state index contributed by atoms with van der Waals surface area (Å²) in [5.41, 5.74) is 3.31. The Morgan fingerprint density at radius 3 is 2.65 bits per heavy atom. The Bertz CT molecular complexity index is 766. The molecule has 1 aromatic carbocycles. The number of carbonyl (C=O) groups is 2. The van der Waals surface area contributed by atoms with Gasteiger partial charge in [0.1, 0.15) is 0 Å². The number of amides is 1. The third kappa shape index (κ3) is 2.72. The van der Waals surface area contributed by atoms with Crippen LogP contribution in [0.4, 0.5) is 0 Å². The number of carbonyl (C=O) groups excluding carboxylic acids is 1. The molecule has 1 aliphatic heterocycles. The molecular weight excluding hydrogens is 294 g/mol. The average Bonchev–Trinajstić information content (AvgIpc) is 3.14. The Labute approximate surface area is 134 Å². The van der Waals surface area contributed by atoms with Gasteiger partial charge in [-0.15, -0.1) is 0 Å². The number of carboxylic acids is 1. The third-order valence-electron chi connectivity index (χ3n) is 4.41. The van der Waals surface area contributed by atoms with E-state index < -0.39 is 11.9 Å².